The van der Waals surface area contributed by atoms with Gasteiger partial charge in [0.2, 0.25) is 0 Å². The van der Waals surface area contributed by atoms with E-state index >= 15 is 0 Å². The van der Waals surface area contributed by atoms with E-state index in [9.17, 15) is 14.4 Å². The number of rotatable bonds is 24. The molecule has 6 rings (SSSR count). The molecule has 1 atom stereocenters. The first-order chi connectivity index (χ1) is 30.3. The highest BCUT2D eigenvalue weighted by molar-refractivity contribution is 7.99. The fraction of sp³-hybridized carbons (Fsp3) is 0.477. The summed E-state index contributed by atoms with van der Waals surface area (Å²) in [5.41, 5.74) is 4.23. The molecule has 2 fully saturated rings. The number of ether oxygens (including phenoxy) is 8. The van der Waals surface area contributed by atoms with E-state index in [1.807, 2.05) is 29.3 Å². The minimum absolute atomic E-state index is 0.0667. The molecule has 0 spiro atoms. The minimum atomic E-state index is -0.292. The lowest BCUT2D eigenvalue weighted by Crippen LogP contribution is -2.36. The summed E-state index contributed by atoms with van der Waals surface area (Å²) in [6.45, 7) is 7.90. The third kappa shape index (κ3) is 12.1. The molecule has 3 aromatic rings. The van der Waals surface area contributed by atoms with Crippen molar-refractivity contribution in [2.45, 2.75) is 32.1 Å². The second kappa shape index (κ2) is 23.4. The number of benzene rings is 3. The zero-order chi connectivity index (χ0) is 43.8. The SMILES string of the molecule is C=Nc1cc(OCc2cc(COc3cc4c(cc3OC)C(=O)N3CSCC3C=N4)cc(N(CCCC(=O)OC)CCOCCOCCOC)c2)c(OC)cc1C(=O)N1CCSC1. The first-order valence-corrected chi connectivity index (χ1v) is 22.6. The smallest absolute Gasteiger partial charge is 0.305 e. The molecule has 0 aromatic heterocycles. The molecule has 3 aliphatic rings. The molecule has 0 radical (unpaired) electrons. The predicted molar refractivity (Wildman–Crippen MR) is 241 cm³/mol. The van der Waals surface area contributed by atoms with Gasteiger partial charge in [-0.3, -0.25) is 24.4 Å². The van der Waals surface area contributed by atoms with Gasteiger partial charge in [0.25, 0.3) is 11.8 Å². The highest BCUT2D eigenvalue weighted by Gasteiger charge is 2.33. The molecule has 3 heterocycles. The summed E-state index contributed by atoms with van der Waals surface area (Å²) in [5.74, 6) is 3.99. The number of fused-ring (bicyclic) bond motifs is 2. The fourth-order valence-corrected chi connectivity index (χ4v) is 9.08. The second-order valence-corrected chi connectivity index (χ2v) is 16.5. The van der Waals surface area contributed by atoms with Crippen LogP contribution in [0.5, 0.6) is 23.0 Å². The van der Waals surface area contributed by atoms with Gasteiger partial charge in [-0.15, -0.1) is 23.5 Å². The second-order valence-electron chi connectivity index (χ2n) is 14.4. The van der Waals surface area contributed by atoms with E-state index < -0.39 is 0 Å². The number of thioether (sulfide) groups is 2. The number of amides is 2. The third-order valence-electron chi connectivity index (χ3n) is 10.3. The Morgan fingerprint density at radius 3 is 2.23 bits per heavy atom. The maximum absolute atomic E-state index is 13.5. The molecule has 0 aliphatic carbocycles. The molecular weight excluding hydrogens is 839 g/mol. The number of hydrogen-bond acceptors (Lipinski definition) is 16. The van der Waals surface area contributed by atoms with E-state index in [1.54, 1.807) is 66.9 Å². The van der Waals surface area contributed by atoms with Crippen LogP contribution in [0.4, 0.5) is 17.1 Å². The lowest BCUT2D eigenvalue weighted by molar-refractivity contribution is -0.140. The van der Waals surface area contributed by atoms with Crippen LogP contribution in [0.25, 0.3) is 0 Å². The van der Waals surface area contributed by atoms with E-state index in [4.69, 9.17) is 37.9 Å². The molecule has 1 unspecified atom stereocenters. The summed E-state index contributed by atoms with van der Waals surface area (Å²) < 4.78 is 45.8. The van der Waals surface area contributed by atoms with Gasteiger partial charge >= 0.3 is 5.97 Å². The Kier molecular flexibility index (Phi) is 17.6. The Hall–Kier alpha value is -5.01. The van der Waals surface area contributed by atoms with E-state index in [0.717, 1.165) is 28.3 Å². The molecule has 2 saturated heterocycles. The van der Waals surface area contributed by atoms with Crippen LogP contribution in [0.1, 0.15) is 44.7 Å². The summed E-state index contributed by atoms with van der Waals surface area (Å²) in [5, 5.41) is 0. The lowest BCUT2D eigenvalue weighted by atomic mass is 10.1. The normalized spacial score (nSPS) is 15.5. The van der Waals surface area contributed by atoms with Crippen LogP contribution < -0.4 is 23.8 Å². The number of methoxy groups -OCH3 is 4. The molecule has 334 valence electrons. The molecule has 16 nitrogen and oxygen atoms in total. The Bertz CT molecular complexity index is 2070. The van der Waals surface area contributed by atoms with Crippen molar-refractivity contribution in [1.29, 1.82) is 0 Å². The summed E-state index contributed by atoms with van der Waals surface area (Å²) in [6, 6.07) is 12.7. The van der Waals surface area contributed by atoms with Crippen molar-refractivity contribution in [2.75, 3.05) is 109 Å². The van der Waals surface area contributed by atoms with Crippen molar-refractivity contribution >= 4 is 71.3 Å². The van der Waals surface area contributed by atoms with Crippen LogP contribution in [0, 0.1) is 0 Å². The minimum Gasteiger partial charge on any atom is -0.493 e. The Morgan fingerprint density at radius 1 is 0.839 bits per heavy atom. The van der Waals surface area contributed by atoms with Gasteiger partial charge in [-0.2, -0.15) is 0 Å². The molecule has 2 amide bonds. The van der Waals surface area contributed by atoms with Crippen molar-refractivity contribution in [3.63, 3.8) is 0 Å². The monoisotopic (exact) mass is 893 g/mol. The zero-order valence-corrected chi connectivity index (χ0v) is 37.4. The van der Waals surface area contributed by atoms with E-state index in [-0.39, 0.29) is 43.5 Å². The number of nitrogens with zero attached hydrogens (tertiary/aromatic N) is 5. The van der Waals surface area contributed by atoms with Gasteiger partial charge in [-0.25, -0.2) is 0 Å². The van der Waals surface area contributed by atoms with Crippen LogP contribution >= 0.6 is 23.5 Å². The highest BCUT2D eigenvalue weighted by atomic mass is 32.2. The van der Waals surface area contributed by atoms with Gasteiger partial charge < -0.3 is 52.6 Å². The molecule has 3 aliphatic heterocycles. The Labute approximate surface area is 371 Å². The average molecular weight is 894 g/mol. The maximum atomic E-state index is 13.5. The number of anilines is 1. The highest BCUT2D eigenvalue weighted by Crippen LogP contribution is 2.40. The number of hydrogen-bond donors (Lipinski definition) is 0. The topological polar surface area (TPSA) is 159 Å². The first kappa shape index (κ1) is 46.5. The average Bonchev–Trinajstić information content (AvgIpc) is 4.00. The van der Waals surface area contributed by atoms with Gasteiger partial charge in [-0.05, 0) is 54.6 Å². The molecule has 18 heteroatoms. The quantitative estimate of drug-likeness (QED) is 0.0585. The number of aliphatic imine (C=N–C) groups is 2. The molecule has 0 N–H and O–H groups in total. The van der Waals surface area contributed by atoms with Crippen LogP contribution in [0.2, 0.25) is 0 Å². The van der Waals surface area contributed by atoms with Crippen LogP contribution in [0.3, 0.4) is 0 Å². The van der Waals surface area contributed by atoms with Crippen molar-refractivity contribution in [3.05, 3.63) is 64.7 Å². The summed E-state index contributed by atoms with van der Waals surface area (Å²) in [7, 11) is 6.08. The van der Waals surface area contributed by atoms with Gasteiger partial charge in [0.05, 0.1) is 94.7 Å². The van der Waals surface area contributed by atoms with E-state index in [2.05, 4.69) is 21.6 Å². The molecule has 0 saturated carbocycles. The fourth-order valence-electron chi connectivity index (χ4n) is 7.02. The van der Waals surface area contributed by atoms with Gasteiger partial charge in [-0.1, -0.05) is 0 Å². The Morgan fingerprint density at radius 2 is 1.55 bits per heavy atom. The molecule has 62 heavy (non-hydrogen) atoms. The van der Waals surface area contributed by atoms with Crippen LogP contribution in [-0.2, 0) is 37.0 Å². The maximum Gasteiger partial charge on any atom is 0.305 e. The van der Waals surface area contributed by atoms with Gasteiger partial charge in [0.1, 0.15) is 13.2 Å². The largest absolute Gasteiger partial charge is 0.493 e. The van der Waals surface area contributed by atoms with Gasteiger partial charge in [0.15, 0.2) is 23.0 Å². The third-order valence-corrected chi connectivity index (χ3v) is 12.3. The van der Waals surface area contributed by atoms with Crippen molar-refractivity contribution in [3.8, 4) is 23.0 Å². The summed E-state index contributed by atoms with van der Waals surface area (Å²) in [4.78, 5) is 53.6. The van der Waals surface area contributed by atoms with Crippen molar-refractivity contribution < 1.29 is 52.3 Å². The van der Waals surface area contributed by atoms with Crippen LogP contribution in [0.15, 0.2) is 52.4 Å². The van der Waals surface area contributed by atoms with Crippen molar-refractivity contribution in [1.82, 2.24) is 9.80 Å². The standard InChI is InChI=1S/C44H55N5O11S2/c1-45-36-22-40(38(54-3)20-34(36)43(51)48-10-16-61-28-48)59-25-30-17-31(19-32(18-30)47(8-6-7-42(50)56-5)9-11-57-14-15-58-13-12-53-2)26-60-41-23-37-35(21-39(41)55-4)44(52)49-29-62-27-33(49)24-46-37/h17-24,33H,1,6-16,25-29H2,2-5H3. The van der Waals surface area contributed by atoms with E-state index in [1.165, 1.54) is 14.2 Å². The van der Waals surface area contributed by atoms with Crippen LogP contribution in [-0.4, -0.2) is 151 Å². The first-order valence-electron chi connectivity index (χ1n) is 20.3. The molecule has 3 aromatic carbocycles. The van der Waals surface area contributed by atoms with Crippen molar-refractivity contribution in [2.24, 2.45) is 9.98 Å². The predicted octanol–water partition coefficient (Wildman–Crippen LogP) is 6.01. The lowest BCUT2D eigenvalue weighted by Gasteiger charge is -2.26. The number of esters is 1. The zero-order valence-electron chi connectivity index (χ0n) is 35.8. The molecule has 0 bridgehead atoms. The number of carbonyl (C=O) groups excluding carboxylic acids is 3. The molecular formula is C44H55N5O11S2. The Balaban J connectivity index is 1.27. The van der Waals surface area contributed by atoms with E-state index in [0.29, 0.717) is 116 Å². The number of carbonyl (C=O) groups is 3. The summed E-state index contributed by atoms with van der Waals surface area (Å²) in [6.07, 6.45) is 2.61. The van der Waals surface area contributed by atoms with Gasteiger partial charge in [0, 0.05) is 68.7 Å². The summed E-state index contributed by atoms with van der Waals surface area (Å²) >= 11 is 3.40.